The van der Waals surface area contributed by atoms with Crippen LogP contribution < -0.4 is 5.32 Å². The van der Waals surface area contributed by atoms with Crippen LogP contribution in [0, 0.1) is 5.92 Å². The summed E-state index contributed by atoms with van der Waals surface area (Å²) in [6.45, 7) is 13.1. The first kappa shape index (κ1) is 16.9. The van der Waals surface area contributed by atoms with Crippen molar-refractivity contribution in [2.45, 2.75) is 52.0 Å². The Labute approximate surface area is 120 Å². The summed E-state index contributed by atoms with van der Waals surface area (Å²) in [7, 11) is 4.38. The van der Waals surface area contributed by atoms with Crippen molar-refractivity contribution in [3.63, 3.8) is 0 Å². The fraction of sp³-hybridized carbons (Fsp3) is 1.00. The minimum Gasteiger partial charge on any atom is -0.312 e. The second kappa shape index (κ2) is 8.23. The van der Waals surface area contributed by atoms with Gasteiger partial charge in [-0.25, -0.2) is 0 Å². The number of likely N-dealkylation sites (tertiary alicyclic amines) is 1. The minimum absolute atomic E-state index is 0.268. The van der Waals surface area contributed by atoms with Crippen molar-refractivity contribution in [3.05, 3.63) is 0 Å². The Morgan fingerprint density at radius 2 is 1.74 bits per heavy atom. The molecule has 1 aliphatic heterocycles. The third-order valence-electron chi connectivity index (χ3n) is 3.89. The second-order valence-corrected chi connectivity index (χ2v) is 7.43. The molecular weight excluding hydrogens is 234 g/mol. The molecule has 0 spiro atoms. The lowest BCUT2D eigenvalue weighted by Crippen LogP contribution is -2.38. The Bertz CT molecular complexity index is 225. The molecule has 1 heterocycles. The van der Waals surface area contributed by atoms with Crippen molar-refractivity contribution < 1.29 is 0 Å². The summed E-state index contributed by atoms with van der Waals surface area (Å²) in [5.41, 5.74) is 0.268. The van der Waals surface area contributed by atoms with E-state index in [-0.39, 0.29) is 5.54 Å². The van der Waals surface area contributed by atoms with Gasteiger partial charge in [0.15, 0.2) is 0 Å². The largest absolute Gasteiger partial charge is 0.312 e. The number of nitrogens with one attached hydrogen (secondary N) is 1. The van der Waals surface area contributed by atoms with Gasteiger partial charge in [0.2, 0.25) is 0 Å². The smallest absolute Gasteiger partial charge is 0.00965 e. The monoisotopic (exact) mass is 269 g/mol. The third kappa shape index (κ3) is 8.61. The van der Waals surface area contributed by atoms with Crippen LogP contribution in [0.1, 0.15) is 46.5 Å². The molecule has 0 bridgehead atoms. The van der Waals surface area contributed by atoms with E-state index in [2.05, 4.69) is 50.0 Å². The van der Waals surface area contributed by atoms with Gasteiger partial charge in [-0.05, 0) is 92.6 Å². The van der Waals surface area contributed by atoms with Gasteiger partial charge in [0, 0.05) is 12.1 Å². The number of hydrogen-bond acceptors (Lipinski definition) is 3. The lowest BCUT2D eigenvalue weighted by Gasteiger charge is -2.33. The average molecular weight is 269 g/mol. The van der Waals surface area contributed by atoms with E-state index in [9.17, 15) is 0 Å². The lowest BCUT2D eigenvalue weighted by atomic mass is 9.96. The van der Waals surface area contributed by atoms with Crippen molar-refractivity contribution in [3.8, 4) is 0 Å². The maximum atomic E-state index is 3.56. The fourth-order valence-electron chi connectivity index (χ4n) is 2.83. The molecule has 0 aromatic carbocycles. The van der Waals surface area contributed by atoms with E-state index >= 15 is 0 Å². The van der Waals surface area contributed by atoms with Crippen LogP contribution in [0.25, 0.3) is 0 Å². The summed E-state index contributed by atoms with van der Waals surface area (Å²) in [4.78, 5) is 4.99. The van der Waals surface area contributed by atoms with Crippen LogP contribution in [-0.2, 0) is 0 Å². The van der Waals surface area contributed by atoms with E-state index in [0.717, 1.165) is 12.5 Å². The van der Waals surface area contributed by atoms with E-state index in [4.69, 9.17) is 0 Å². The van der Waals surface area contributed by atoms with Gasteiger partial charge in [0.05, 0.1) is 0 Å². The summed E-state index contributed by atoms with van der Waals surface area (Å²) in [5.74, 6) is 0.925. The quantitative estimate of drug-likeness (QED) is 0.716. The van der Waals surface area contributed by atoms with Crippen molar-refractivity contribution in [1.82, 2.24) is 15.1 Å². The van der Waals surface area contributed by atoms with Gasteiger partial charge in [-0.3, -0.25) is 0 Å². The van der Waals surface area contributed by atoms with Gasteiger partial charge in [0.25, 0.3) is 0 Å². The number of hydrogen-bond donors (Lipinski definition) is 1. The summed E-state index contributed by atoms with van der Waals surface area (Å²) in [6.07, 6.45) is 5.41. The maximum Gasteiger partial charge on any atom is 0.00965 e. The van der Waals surface area contributed by atoms with Crippen molar-refractivity contribution in [2.24, 2.45) is 5.92 Å². The van der Waals surface area contributed by atoms with Crippen LogP contribution >= 0.6 is 0 Å². The molecule has 1 aliphatic rings. The molecule has 1 saturated heterocycles. The van der Waals surface area contributed by atoms with Gasteiger partial charge >= 0.3 is 0 Å². The topological polar surface area (TPSA) is 18.5 Å². The van der Waals surface area contributed by atoms with Crippen LogP contribution in [0.2, 0.25) is 0 Å². The van der Waals surface area contributed by atoms with Crippen LogP contribution in [0.15, 0.2) is 0 Å². The molecule has 3 nitrogen and oxygen atoms in total. The normalized spacial score (nSPS) is 19.3. The summed E-state index contributed by atoms with van der Waals surface area (Å²) < 4.78 is 0. The Morgan fingerprint density at radius 1 is 1.11 bits per heavy atom. The van der Waals surface area contributed by atoms with E-state index in [1.807, 2.05) is 0 Å². The van der Waals surface area contributed by atoms with Gasteiger partial charge in [-0.2, -0.15) is 0 Å². The van der Waals surface area contributed by atoms with E-state index in [1.54, 1.807) is 0 Å². The maximum absolute atomic E-state index is 3.56. The molecule has 1 N–H and O–H groups in total. The van der Waals surface area contributed by atoms with E-state index in [0.29, 0.717) is 0 Å². The average Bonchev–Trinajstić information content (AvgIpc) is 2.28. The molecule has 0 amide bonds. The lowest BCUT2D eigenvalue weighted by molar-refractivity contribution is 0.160. The van der Waals surface area contributed by atoms with Crippen molar-refractivity contribution >= 4 is 0 Å². The Hall–Kier alpha value is -0.120. The first-order valence-electron chi connectivity index (χ1n) is 7.99. The number of rotatable bonds is 7. The van der Waals surface area contributed by atoms with Crippen LogP contribution in [0.5, 0.6) is 0 Å². The molecule has 0 aromatic rings. The molecule has 0 atom stereocenters. The summed E-state index contributed by atoms with van der Waals surface area (Å²) in [6, 6.07) is 0. The predicted octanol–water partition coefficient (Wildman–Crippen LogP) is 2.43. The van der Waals surface area contributed by atoms with Gasteiger partial charge in [0.1, 0.15) is 0 Å². The molecule has 0 saturated carbocycles. The first-order chi connectivity index (χ1) is 8.87. The first-order valence-corrected chi connectivity index (χ1v) is 7.99. The van der Waals surface area contributed by atoms with Crippen LogP contribution in [0.3, 0.4) is 0 Å². The van der Waals surface area contributed by atoms with Crippen LogP contribution in [-0.4, -0.2) is 62.2 Å². The third-order valence-corrected chi connectivity index (χ3v) is 3.89. The molecule has 1 rings (SSSR count). The summed E-state index contributed by atoms with van der Waals surface area (Å²) in [5, 5.41) is 3.56. The SMILES string of the molecule is CN(C)CC1CCN(CCCCNC(C)(C)C)CC1. The molecule has 114 valence electrons. The van der Waals surface area contributed by atoms with Crippen molar-refractivity contribution in [2.75, 3.05) is 46.8 Å². The highest BCUT2D eigenvalue weighted by atomic mass is 15.1. The number of piperidine rings is 1. The van der Waals surface area contributed by atoms with Gasteiger partial charge < -0.3 is 15.1 Å². The van der Waals surface area contributed by atoms with E-state index in [1.165, 1.54) is 51.9 Å². The zero-order chi connectivity index (χ0) is 14.3. The number of nitrogens with zero attached hydrogens (tertiary/aromatic N) is 2. The summed E-state index contributed by atoms with van der Waals surface area (Å²) >= 11 is 0. The Balaban J connectivity index is 2.01. The Kier molecular flexibility index (Phi) is 7.33. The predicted molar refractivity (Wildman–Crippen MR) is 84.7 cm³/mol. The highest BCUT2D eigenvalue weighted by molar-refractivity contribution is 4.74. The fourth-order valence-corrected chi connectivity index (χ4v) is 2.83. The van der Waals surface area contributed by atoms with Gasteiger partial charge in [-0.15, -0.1) is 0 Å². The minimum atomic E-state index is 0.268. The standard InChI is InChI=1S/C16H35N3/c1-16(2,3)17-10-6-7-11-19-12-8-15(9-13-19)14-18(4)5/h15,17H,6-14H2,1-5H3. The zero-order valence-electron chi connectivity index (χ0n) is 13.8. The van der Waals surface area contributed by atoms with Gasteiger partial charge in [-0.1, -0.05) is 0 Å². The van der Waals surface area contributed by atoms with Crippen LogP contribution in [0.4, 0.5) is 0 Å². The molecule has 19 heavy (non-hydrogen) atoms. The highest BCUT2D eigenvalue weighted by Crippen LogP contribution is 2.17. The molecule has 0 unspecified atom stereocenters. The Morgan fingerprint density at radius 3 is 2.26 bits per heavy atom. The highest BCUT2D eigenvalue weighted by Gasteiger charge is 2.19. The molecular formula is C16H35N3. The van der Waals surface area contributed by atoms with Crippen molar-refractivity contribution in [1.29, 1.82) is 0 Å². The molecule has 0 aliphatic carbocycles. The van der Waals surface area contributed by atoms with E-state index < -0.39 is 0 Å². The zero-order valence-corrected chi connectivity index (χ0v) is 13.8. The molecule has 1 fully saturated rings. The second-order valence-electron chi connectivity index (χ2n) is 7.43. The molecule has 0 radical (unpaired) electrons. The molecule has 0 aromatic heterocycles. The molecule has 3 heteroatoms. The number of unbranched alkanes of at least 4 members (excludes halogenated alkanes) is 1.